The summed E-state index contributed by atoms with van der Waals surface area (Å²) in [4.78, 5) is 0. The average Bonchev–Trinajstić information content (AvgIpc) is 3.53. The Morgan fingerprint density at radius 2 is 0.695 bits per heavy atom. The van der Waals surface area contributed by atoms with E-state index in [-0.39, 0.29) is 23.5 Å². The lowest BCUT2D eigenvalue weighted by Gasteiger charge is -2.23. The van der Waals surface area contributed by atoms with Crippen molar-refractivity contribution in [2.45, 2.75) is 19.3 Å². The molecule has 0 atom stereocenters. The van der Waals surface area contributed by atoms with Gasteiger partial charge in [-0.25, -0.2) is 0 Å². The van der Waals surface area contributed by atoms with Gasteiger partial charge in [0.15, 0.2) is 0 Å². The van der Waals surface area contributed by atoms with E-state index in [1.807, 2.05) is 0 Å². The molecule has 1 aliphatic carbocycles. The summed E-state index contributed by atoms with van der Waals surface area (Å²) in [6.45, 7) is 4.58. The van der Waals surface area contributed by atoms with Gasteiger partial charge in [0.2, 0.25) is 0 Å². The van der Waals surface area contributed by atoms with E-state index in [0.29, 0.717) is 16.7 Å². The maximum Gasteiger partial charge on any atom is 0.0636 e. The van der Waals surface area contributed by atoms with Gasteiger partial charge in [0.05, 0.1) is 4.11 Å². The Balaban J connectivity index is 1.10. The Labute approximate surface area is 347 Å². The minimum Gasteiger partial charge on any atom is -0.0622 e. The molecule has 0 aliphatic heterocycles. The zero-order valence-electron chi connectivity index (χ0n) is 35.7. The summed E-state index contributed by atoms with van der Waals surface area (Å²) < 4.78 is 30.7. The van der Waals surface area contributed by atoms with E-state index in [9.17, 15) is 4.11 Å². The first kappa shape index (κ1) is 29.9. The van der Waals surface area contributed by atoms with Gasteiger partial charge in [-0.2, -0.15) is 0 Å². The SMILES string of the molecule is [2H]c1c(-c2ccc3c(c2)C(C)(C)c2cc(-c4ccccc4)ccc2-3)c([2H])c(-c2ccc3ccc4cccc5ccc2c3c45)c([2H])c1-c1ccc2ccc3cccc4ccc1c2c34. The van der Waals surface area contributed by atoms with Crippen LogP contribution in [-0.4, -0.2) is 0 Å². The van der Waals surface area contributed by atoms with Crippen molar-refractivity contribution in [3.63, 3.8) is 0 Å². The van der Waals surface area contributed by atoms with Gasteiger partial charge in [-0.3, -0.25) is 0 Å². The number of benzene rings is 12. The van der Waals surface area contributed by atoms with Crippen LogP contribution in [0.25, 0.3) is 120 Å². The van der Waals surface area contributed by atoms with Crippen LogP contribution in [0.1, 0.15) is 29.1 Å². The lowest BCUT2D eigenvalue weighted by atomic mass is 9.80. The molecule has 0 unspecified atom stereocenters. The van der Waals surface area contributed by atoms with Gasteiger partial charge in [0.1, 0.15) is 0 Å². The van der Waals surface area contributed by atoms with E-state index in [2.05, 4.69) is 190 Å². The molecule has 0 fully saturated rings. The molecule has 0 saturated heterocycles. The Kier molecular flexibility index (Phi) is 6.02. The Morgan fingerprint density at radius 1 is 0.305 bits per heavy atom. The second kappa shape index (κ2) is 11.9. The summed E-state index contributed by atoms with van der Waals surface area (Å²) in [5.74, 6) is 0. The van der Waals surface area contributed by atoms with Crippen molar-refractivity contribution in [1.29, 1.82) is 0 Å². The predicted molar refractivity (Wildman–Crippen MR) is 253 cm³/mol. The van der Waals surface area contributed by atoms with Gasteiger partial charge in [-0.05, 0) is 162 Å². The molecule has 12 aromatic rings. The highest BCUT2D eigenvalue weighted by Gasteiger charge is 2.36. The summed E-state index contributed by atoms with van der Waals surface area (Å²) in [7, 11) is 0. The van der Waals surface area contributed by atoms with Crippen LogP contribution in [0, 0.1) is 0 Å². The van der Waals surface area contributed by atoms with E-state index < -0.39 is 0 Å². The number of hydrogen-bond donors (Lipinski definition) is 0. The van der Waals surface area contributed by atoms with Crippen molar-refractivity contribution in [3.8, 4) is 55.6 Å². The minimum absolute atomic E-state index is 0.205. The summed E-state index contributed by atoms with van der Waals surface area (Å²) >= 11 is 0. The van der Waals surface area contributed by atoms with E-state index >= 15 is 0 Å². The summed E-state index contributed by atoms with van der Waals surface area (Å²) in [6.07, 6.45) is 0. The molecule has 0 amide bonds. The molecule has 274 valence electrons. The van der Waals surface area contributed by atoms with Crippen molar-refractivity contribution in [2.24, 2.45) is 0 Å². The first-order valence-electron chi connectivity index (χ1n) is 22.1. The molecule has 12 aromatic carbocycles. The maximum absolute atomic E-state index is 10.3. The highest BCUT2D eigenvalue weighted by Crippen LogP contribution is 2.51. The molecule has 0 heteroatoms. The standard InChI is InChI=1S/C59H38/c1-59(2)53-33-42(35-8-4-3-5-9-35)22-26-49(53)50-27-23-43(34-54(50)59)44-30-45(47-24-18-40-16-14-36-10-6-12-38-20-28-51(47)57(40)55(36)38)32-46(31-44)48-25-19-41-17-15-37-11-7-13-39-21-29-52(48)58(41)56(37)39/h3-34H,1-2H3/i30D,31D,32D. The van der Waals surface area contributed by atoms with Crippen LogP contribution < -0.4 is 0 Å². The smallest absolute Gasteiger partial charge is 0.0622 e. The third-order valence-corrected chi connectivity index (χ3v) is 13.4. The minimum atomic E-state index is -0.324. The van der Waals surface area contributed by atoms with Gasteiger partial charge in [0.25, 0.3) is 0 Å². The summed E-state index contributed by atoms with van der Waals surface area (Å²) in [5, 5.41) is 13.6. The first-order valence-corrected chi connectivity index (χ1v) is 20.6. The molecule has 13 rings (SSSR count). The Bertz CT molecular complexity index is 3650. The number of fused-ring (bicyclic) bond motifs is 3. The second-order valence-corrected chi connectivity index (χ2v) is 17.0. The Morgan fingerprint density at radius 3 is 1.19 bits per heavy atom. The van der Waals surface area contributed by atoms with Crippen LogP contribution in [0.4, 0.5) is 0 Å². The third kappa shape index (κ3) is 4.66. The highest BCUT2D eigenvalue weighted by atomic mass is 14.4. The van der Waals surface area contributed by atoms with Gasteiger partial charge >= 0.3 is 0 Å². The van der Waals surface area contributed by atoms with Crippen molar-refractivity contribution in [3.05, 3.63) is 205 Å². The van der Waals surface area contributed by atoms with Crippen LogP contribution in [0.2, 0.25) is 0 Å². The zero-order chi connectivity index (χ0) is 41.6. The lowest BCUT2D eigenvalue weighted by molar-refractivity contribution is 0.661. The van der Waals surface area contributed by atoms with Gasteiger partial charge in [-0.15, -0.1) is 0 Å². The average molecular weight is 750 g/mol. The van der Waals surface area contributed by atoms with Crippen molar-refractivity contribution in [2.75, 3.05) is 0 Å². The fourth-order valence-corrected chi connectivity index (χ4v) is 10.5. The summed E-state index contributed by atoms with van der Waals surface area (Å²) in [6, 6.07) is 63.2. The van der Waals surface area contributed by atoms with Gasteiger partial charge in [-0.1, -0.05) is 178 Å². The normalized spacial score (nSPS) is 14.1. The number of rotatable bonds is 4. The van der Waals surface area contributed by atoms with Crippen molar-refractivity contribution < 1.29 is 4.11 Å². The van der Waals surface area contributed by atoms with Crippen molar-refractivity contribution >= 4 is 64.6 Å². The van der Waals surface area contributed by atoms with Crippen LogP contribution in [0.15, 0.2) is 194 Å². The predicted octanol–water partition coefficient (Wildman–Crippen LogP) is 16.5. The van der Waals surface area contributed by atoms with Crippen LogP contribution in [0.5, 0.6) is 0 Å². The molecule has 1 aliphatic rings. The fraction of sp³-hybridized carbons (Fsp3) is 0.0508. The first-order chi connectivity index (χ1) is 30.3. The quantitative estimate of drug-likeness (QED) is 0.157. The van der Waals surface area contributed by atoms with Gasteiger partial charge in [0, 0.05) is 5.41 Å². The molecule has 0 aromatic heterocycles. The van der Waals surface area contributed by atoms with E-state index in [4.69, 9.17) is 0 Å². The van der Waals surface area contributed by atoms with Crippen molar-refractivity contribution in [1.82, 2.24) is 0 Å². The third-order valence-electron chi connectivity index (χ3n) is 13.4. The number of hydrogen-bond acceptors (Lipinski definition) is 0. The van der Waals surface area contributed by atoms with E-state index in [1.165, 1.54) is 65.7 Å². The van der Waals surface area contributed by atoms with Crippen LogP contribution >= 0.6 is 0 Å². The molecule has 0 bridgehead atoms. The molecule has 59 heavy (non-hydrogen) atoms. The molecule has 0 saturated carbocycles. The Hall–Kier alpha value is -7.28. The molecule has 0 N–H and O–H groups in total. The maximum atomic E-state index is 10.3. The monoisotopic (exact) mass is 749 g/mol. The van der Waals surface area contributed by atoms with E-state index in [0.717, 1.165) is 49.0 Å². The molecular weight excluding hydrogens is 709 g/mol. The van der Waals surface area contributed by atoms with Gasteiger partial charge < -0.3 is 0 Å². The molecule has 0 radical (unpaired) electrons. The largest absolute Gasteiger partial charge is 0.0636 e. The van der Waals surface area contributed by atoms with E-state index in [1.54, 1.807) is 0 Å². The molecular formula is C59H38. The molecule has 0 spiro atoms. The molecule has 0 nitrogen and oxygen atoms in total. The fourth-order valence-electron chi connectivity index (χ4n) is 10.5. The second-order valence-electron chi connectivity index (χ2n) is 17.0. The zero-order valence-corrected chi connectivity index (χ0v) is 32.7. The summed E-state index contributed by atoms with van der Waals surface area (Å²) in [5.41, 5.74) is 11.0. The topological polar surface area (TPSA) is 0 Å². The molecule has 0 heterocycles. The van der Waals surface area contributed by atoms with Crippen LogP contribution in [0.3, 0.4) is 0 Å². The highest BCUT2D eigenvalue weighted by molar-refractivity contribution is 6.27. The lowest BCUT2D eigenvalue weighted by Crippen LogP contribution is -2.15. The van der Waals surface area contributed by atoms with Crippen LogP contribution in [-0.2, 0) is 5.41 Å².